The van der Waals surface area contributed by atoms with E-state index in [0.717, 1.165) is 25.0 Å². The fourth-order valence-corrected chi connectivity index (χ4v) is 4.58. The SMILES string of the molecule is CC(C)[C@H](NC(=O)CCCCC1SCC2NC(=O)NC21)C(=O)O. The zero-order chi connectivity index (χ0) is 17.0. The van der Waals surface area contributed by atoms with Gasteiger partial charge in [-0.05, 0) is 18.8 Å². The minimum absolute atomic E-state index is 0.0851. The van der Waals surface area contributed by atoms with Gasteiger partial charge in [-0.3, -0.25) is 4.79 Å². The van der Waals surface area contributed by atoms with E-state index in [4.69, 9.17) is 5.11 Å². The maximum Gasteiger partial charge on any atom is 0.326 e. The van der Waals surface area contributed by atoms with E-state index >= 15 is 0 Å². The van der Waals surface area contributed by atoms with E-state index in [2.05, 4.69) is 16.0 Å². The highest BCUT2D eigenvalue weighted by Crippen LogP contribution is 2.33. The topological polar surface area (TPSA) is 108 Å². The Morgan fingerprint density at radius 1 is 1.35 bits per heavy atom. The average molecular weight is 343 g/mol. The number of aliphatic carboxylic acids is 1. The maximum atomic E-state index is 11.8. The molecule has 2 rings (SSSR count). The molecule has 4 N–H and O–H groups in total. The number of hydrogen-bond acceptors (Lipinski definition) is 4. The number of amides is 3. The number of urea groups is 1. The highest BCUT2D eigenvalue weighted by atomic mass is 32.2. The van der Waals surface area contributed by atoms with Gasteiger partial charge in [0.25, 0.3) is 0 Å². The van der Waals surface area contributed by atoms with Gasteiger partial charge in [-0.25, -0.2) is 9.59 Å². The van der Waals surface area contributed by atoms with Gasteiger partial charge in [-0.15, -0.1) is 0 Å². The van der Waals surface area contributed by atoms with Crippen LogP contribution in [0.1, 0.15) is 39.5 Å². The summed E-state index contributed by atoms with van der Waals surface area (Å²) in [6, 6.07) is -0.492. The molecule has 23 heavy (non-hydrogen) atoms. The summed E-state index contributed by atoms with van der Waals surface area (Å²) in [4.78, 5) is 34.2. The number of fused-ring (bicyclic) bond motifs is 1. The lowest BCUT2D eigenvalue weighted by Crippen LogP contribution is -2.44. The molecule has 0 bridgehead atoms. The lowest BCUT2D eigenvalue weighted by Gasteiger charge is -2.18. The highest BCUT2D eigenvalue weighted by Gasteiger charge is 2.42. The summed E-state index contributed by atoms with van der Waals surface area (Å²) in [7, 11) is 0. The lowest BCUT2D eigenvalue weighted by atomic mass is 10.0. The Morgan fingerprint density at radius 3 is 2.74 bits per heavy atom. The molecule has 8 heteroatoms. The van der Waals surface area contributed by atoms with Gasteiger partial charge in [0, 0.05) is 17.4 Å². The molecule has 2 heterocycles. The summed E-state index contributed by atoms with van der Waals surface area (Å²) in [5.74, 6) is -0.407. The number of carboxylic acids is 1. The Balaban J connectivity index is 1.64. The van der Waals surface area contributed by atoms with E-state index in [9.17, 15) is 14.4 Å². The van der Waals surface area contributed by atoms with Crippen LogP contribution in [0.3, 0.4) is 0 Å². The summed E-state index contributed by atoms with van der Waals surface area (Å²) in [6.45, 7) is 3.55. The summed E-state index contributed by atoms with van der Waals surface area (Å²) < 4.78 is 0. The van der Waals surface area contributed by atoms with Crippen molar-refractivity contribution in [1.29, 1.82) is 0 Å². The predicted molar refractivity (Wildman–Crippen MR) is 88.4 cm³/mol. The van der Waals surface area contributed by atoms with Gasteiger partial charge in [-0.1, -0.05) is 20.3 Å². The lowest BCUT2D eigenvalue weighted by molar-refractivity contribution is -0.143. The van der Waals surface area contributed by atoms with Gasteiger partial charge >= 0.3 is 12.0 Å². The smallest absolute Gasteiger partial charge is 0.326 e. The van der Waals surface area contributed by atoms with Gasteiger partial charge in [0.05, 0.1) is 12.1 Å². The molecule has 0 aromatic rings. The second-order valence-electron chi connectivity index (χ2n) is 6.50. The van der Waals surface area contributed by atoms with Crippen LogP contribution in [-0.4, -0.2) is 52.1 Å². The Kier molecular flexibility index (Phi) is 6.15. The number of unbranched alkanes of at least 4 members (excludes halogenated alkanes) is 1. The number of carbonyl (C=O) groups is 3. The molecule has 0 saturated carbocycles. The molecule has 0 aliphatic carbocycles. The molecule has 130 valence electrons. The fourth-order valence-electron chi connectivity index (χ4n) is 3.03. The van der Waals surface area contributed by atoms with Crippen LogP contribution in [-0.2, 0) is 9.59 Å². The monoisotopic (exact) mass is 343 g/mol. The van der Waals surface area contributed by atoms with Crippen LogP contribution in [0, 0.1) is 5.92 Å². The van der Waals surface area contributed by atoms with Crippen molar-refractivity contribution in [2.24, 2.45) is 5.92 Å². The zero-order valence-electron chi connectivity index (χ0n) is 13.5. The molecule has 2 fully saturated rings. The Labute approximate surface area is 140 Å². The second-order valence-corrected chi connectivity index (χ2v) is 7.77. The van der Waals surface area contributed by atoms with E-state index in [1.54, 1.807) is 13.8 Å². The van der Waals surface area contributed by atoms with Crippen molar-refractivity contribution in [3.8, 4) is 0 Å². The largest absolute Gasteiger partial charge is 0.480 e. The molecular formula is C15H25N3O4S. The molecule has 2 aliphatic rings. The number of carboxylic acid groups (broad SMARTS) is 1. The van der Waals surface area contributed by atoms with Crippen LogP contribution in [0.4, 0.5) is 4.79 Å². The van der Waals surface area contributed by atoms with Crippen LogP contribution in [0.25, 0.3) is 0 Å². The first kappa shape index (κ1) is 17.9. The van der Waals surface area contributed by atoms with Crippen molar-refractivity contribution in [3.05, 3.63) is 0 Å². The quantitative estimate of drug-likeness (QED) is 0.387. The average Bonchev–Trinajstić information content (AvgIpc) is 3.00. The van der Waals surface area contributed by atoms with Crippen molar-refractivity contribution in [2.45, 2.75) is 62.9 Å². The first-order valence-corrected chi connectivity index (χ1v) is 9.14. The third-order valence-electron chi connectivity index (χ3n) is 4.33. The number of hydrogen-bond donors (Lipinski definition) is 4. The fraction of sp³-hybridized carbons (Fsp3) is 0.800. The van der Waals surface area contributed by atoms with Gasteiger partial charge in [0.15, 0.2) is 0 Å². The Hall–Kier alpha value is -1.44. The van der Waals surface area contributed by atoms with Gasteiger partial charge < -0.3 is 21.1 Å². The Bertz CT molecular complexity index is 472. The van der Waals surface area contributed by atoms with Crippen molar-refractivity contribution >= 4 is 29.7 Å². The molecule has 0 spiro atoms. The normalized spacial score (nSPS) is 27.3. The maximum absolute atomic E-state index is 11.8. The third kappa shape index (κ3) is 4.76. The van der Waals surface area contributed by atoms with Crippen LogP contribution in [0.2, 0.25) is 0 Å². The predicted octanol–water partition coefficient (Wildman–Crippen LogP) is 0.938. The molecule has 2 saturated heterocycles. The minimum atomic E-state index is -0.994. The molecule has 0 radical (unpaired) electrons. The van der Waals surface area contributed by atoms with Crippen LogP contribution < -0.4 is 16.0 Å². The van der Waals surface area contributed by atoms with E-state index in [-0.39, 0.29) is 29.9 Å². The first-order chi connectivity index (χ1) is 10.9. The van der Waals surface area contributed by atoms with Crippen LogP contribution in [0.15, 0.2) is 0 Å². The van der Waals surface area contributed by atoms with E-state index in [0.29, 0.717) is 11.7 Å². The summed E-state index contributed by atoms with van der Waals surface area (Å²) in [5, 5.41) is 17.9. The summed E-state index contributed by atoms with van der Waals surface area (Å²) in [5.41, 5.74) is 0. The van der Waals surface area contributed by atoms with Gasteiger partial charge in [-0.2, -0.15) is 11.8 Å². The molecule has 0 aromatic carbocycles. The minimum Gasteiger partial charge on any atom is -0.480 e. The highest BCUT2D eigenvalue weighted by molar-refractivity contribution is 8.00. The van der Waals surface area contributed by atoms with E-state index in [1.165, 1.54) is 0 Å². The van der Waals surface area contributed by atoms with Crippen LogP contribution in [0.5, 0.6) is 0 Å². The molecule has 7 nitrogen and oxygen atoms in total. The summed E-state index contributed by atoms with van der Waals surface area (Å²) >= 11 is 1.86. The van der Waals surface area contributed by atoms with Crippen molar-refractivity contribution in [2.75, 3.05) is 5.75 Å². The van der Waals surface area contributed by atoms with Crippen molar-refractivity contribution in [1.82, 2.24) is 16.0 Å². The third-order valence-corrected chi connectivity index (χ3v) is 5.84. The molecular weight excluding hydrogens is 318 g/mol. The number of nitrogens with one attached hydrogen (secondary N) is 3. The van der Waals surface area contributed by atoms with E-state index < -0.39 is 12.0 Å². The van der Waals surface area contributed by atoms with Crippen LogP contribution >= 0.6 is 11.8 Å². The second kappa shape index (κ2) is 7.90. The van der Waals surface area contributed by atoms with Gasteiger partial charge in [0.2, 0.25) is 5.91 Å². The molecule has 0 aromatic heterocycles. The summed E-state index contributed by atoms with van der Waals surface area (Å²) in [6.07, 6.45) is 2.91. The first-order valence-electron chi connectivity index (χ1n) is 8.09. The molecule has 4 atom stereocenters. The molecule has 3 unspecified atom stereocenters. The number of rotatable bonds is 8. The number of thioether (sulfide) groups is 1. The number of carbonyl (C=O) groups excluding carboxylic acids is 2. The zero-order valence-corrected chi connectivity index (χ0v) is 14.3. The Morgan fingerprint density at radius 2 is 2.09 bits per heavy atom. The van der Waals surface area contributed by atoms with Crippen molar-refractivity contribution in [3.63, 3.8) is 0 Å². The standard InChI is InChI=1S/C15H25N3O4S/c1-8(2)12(14(20)21)17-11(19)6-4-3-5-10-13-9(7-23-10)16-15(22)18-13/h8-10,12-13H,3-7H2,1-2H3,(H,17,19)(H,20,21)(H2,16,18,22)/t9?,10?,12-,13?/m0/s1. The van der Waals surface area contributed by atoms with Crippen molar-refractivity contribution < 1.29 is 19.5 Å². The molecule has 2 aliphatic heterocycles. The van der Waals surface area contributed by atoms with E-state index in [1.807, 2.05) is 11.8 Å². The molecule has 3 amide bonds. The van der Waals surface area contributed by atoms with Gasteiger partial charge in [0.1, 0.15) is 6.04 Å².